The lowest BCUT2D eigenvalue weighted by atomic mass is 9.83. The highest BCUT2D eigenvalue weighted by molar-refractivity contribution is 6.16. The number of hydrogen-bond acceptors (Lipinski definition) is 3. The molecule has 6 heteroatoms. The van der Waals surface area contributed by atoms with E-state index in [-0.39, 0.29) is 30.2 Å². The number of carbonyl (C=O) groups is 3. The number of carbonyl (C=O) groups excluding carboxylic acids is 3. The molecule has 2 aliphatic heterocycles. The summed E-state index contributed by atoms with van der Waals surface area (Å²) in [7, 11) is 0. The van der Waals surface area contributed by atoms with Gasteiger partial charge in [0.15, 0.2) is 0 Å². The zero-order valence-corrected chi connectivity index (χ0v) is 17.2. The smallest absolute Gasteiger partial charge is 0.267 e. The highest BCUT2D eigenvalue weighted by Gasteiger charge is 2.60. The quantitative estimate of drug-likeness (QED) is 0.852. The molecule has 0 aromatic heterocycles. The maximum Gasteiger partial charge on any atom is 0.267 e. The van der Waals surface area contributed by atoms with Gasteiger partial charge in [0, 0.05) is 25.4 Å². The van der Waals surface area contributed by atoms with Crippen LogP contribution in [0.25, 0.3) is 0 Å². The molecule has 6 nitrogen and oxygen atoms in total. The number of likely N-dealkylation sites (N-methyl/N-ethyl adjacent to an activating group) is 1. The molecular weight excluding hydrogens is 366 g/mol. The molecule has 0 radical (unpaired) electrons. The SMILES string of the molecule is CCN1C(=O)c2ccccc2N2C(=O)CC[C@]12C(=O)N[C@H](C)[C@H]1C[C@H]2CC[C@H]1C2. The van der Waals surface area contributed by atoms with Gasteiger partial charge in [-0.1, -0.05) is 18.6 Å². The van der Waals surface area contributed by atoms with Crippen molar-refractivity contribution in [2.24, 2.45) is 17.8 Å². The molecule has 1 aromatic carbocycles. The number of anilines is 1. The maximum absolute atomic E-state index is 13.7. The highest BCUT2D eigenvalue weighted by atomic mass is 16.2. The third-order valence-electron chi connectivity index (χ3n) is 7.85. The first-order valence-corrected chi connectivity index (χ1v) is 11.0. The minimum atomic E-state index is -1.25. The van der Waals surface area contributed by atoms with Gasteiger partial charge in [-0.25, -0.2) is 0 Å². The van der Waals surface area contributed by atoms with Gasteiger partial charge in [0.25, 0.3) is 11.8 Å². The van der Waals surface area contributed by atoms with Gasteiger partial charge in [0.1, 0.15) is 0 Å². The third-order valence-corrected chi connectivity index (χ3v) is 7.85. The number of para-hydroxylation sites is 1. The molecule has 4 aliphatic rings. The lowest BCUT2D eigenvalue weighted by Gasteiger charge is -2.49. The fourth-order valence-electron chi connectivity index (χ4n) is 6.54. The first-order valence-electron chi connectivity index (χ1n) is 11.0. The number of rotatable bonds is 4. The Bertz CT molecular complexity index is 884. The Morgan fingerprint density at radius 1 is 1.24 bits per heavy atom. The van der Waals surface area contributed by atoms with Gasteiger partial charge in [-0.05, 0) is 63.0 Å². The molecule has 3 fully saturated rings. The van der Waals surface area contributed by atoms with Crippen LogP contribution < -0.4 is 10.2 Å². The Morgan fingerprint density at radius 3 is 2.72 bits per heavy atom. The minimum absolute atomic E-state index is 0.0516. The summed E-state index contributed by atoms with van der Waals surface area (Å²) in [5.41, 5.74) is -0.190. The summed E-state index contributed by atoms with van der Waals surface area (Å²) < 4.78 is 0. The second-order valence-corrected chi connectivity index (χ2v) is 9.21. The number of amides is 3. The lowest BCUT2D eigenvalue weighted by Crippen LogP contribution is -2.71. The van der Waals surface area contributed by atoms with Gasteiger partial charge in [-0.3, -0.25) is 19.3 Å². The summed E-state index contributed by atoms with van der Waals surface area (Å²) >= 11 is 0. The summed E-state index contributed by atoms with van der Waals surface area (Å²) in [6.45, 7) is 4.35. The van der Waals surface area contributed by atoms with Crippen molar-refractivity contribution in [2.45, 2.75) is 64.1 Å². The monoisotopic (exact) mass is 395 g/mol. The van der Waals surface area contributed by atoms with E-state index in [2.05, 4.69) is 12.2 Å². The molecule has 1 N–H and O–H groups in total. The molecule has 5 atom stereocenters. The third kappa shape index (κ3) is 2.50. The van der Waals surface area contributed by atoms with Crippen LogP contribution in [-0.4, -0.2) is 40.9 Å². The van der Waals surface area contributed by atoms with Gasteiger partial charge >= 0.3 is 0 Å². The van der Waals surface area contributed by atoms with Gasteiger partial charge < -0.3 is 10.2 Å². The lowest BCUT2D eigenvalue weighted by molar-refractivity contribution is -0.134. The molecule has 5 rings (SSSR count). The van der Waals surface area contributed by atoms with Crippen molar-refractivity contribution in [3.63, 3.8) is 0 Å². The first-order chi connectivity index (χ1) is 14.0. The molecule has 29 heavy (non-hydrogen) atoms. The van der Waals surface area contributed by atoms with Crippen molar-refractivity contribution in [3.8, 4) is 0 Å². The van der Waals surface area contributed by atoms with Crippen LogP contribution in [0.4, 0.5) is 5.69 Å². The minimum Gasteiger partial charge on any atom is -0.350 e. The number of nitrogens with zero attached hydrogens (tertiary/aromatic N) is 2. The van der Waals surface area contributed by atoms with E-state index in [1.807, 2.05) is 13.0 Å². The molecule has 1 aromatic rings. The van der Waals surface area contributed by atoms with Gasteiger partial charge in [-0.2, -0.15) is 0 Å². The van der Waals surface area contributed by atoms with Crippen LogP contribution in [0.2, 0.25) is 0 Å². The zero-order chi connectivity index (χ0) is 20.3. The summed E-state index contributed by atoms with van der Waals surface area (Å²) in [5, 5.41) is 3.25. The van der Waals surface area contributed by atoms with Crippen LogP contribution >= 0.6 is 0 Å². The van der Waals surface area contributed by atoms with Gasteiger partial charge in [0.05, 0.1) is 11.3 Å². The first kappa shape index (κ1) is 18.6. The number of benzene rings is 1. The van der Waals surface area contributed by atoms with E-state index in [0.29, 0.717) is 36.1 Å². The van der Waals surface area contributed by atoms with E-state index >= 15 is 0 Å². The van der Waals surface area contributed by atoms with Crippen molar-refractivity contribution in [1.29, 1.82) is 0 Å². The standard InChI is InChI=1S/C23H29N3O3/c1-3-25-21(28)17-6-4-5-7-19(17)26-20(27)10-11-23(25,26)22(29)24-14(2)18-13-15-8-9-16(18)12-15/h4-7,14-16,18H,3,8-13H2,1-2H3,(H,24,29)/t14-,15+,16+,18-,23+/m1/s1. The molecule has 3 amide bonds. The van der Waals surface area contributed by atoms with Crippen molar-refractivity contribution in [1.82, 2.24) is 10.2 Å². The van der Waals surface area contributed by atoms with E-state index in [4.69, 9.17) is 0 Å². The molecule has 2 heterocycles. The van der Waals surface area contributed by atoms with E-state index in [1.165, 1.54) is 25.7 Å². The van der Waals surface area contributed by atoms with Crippen molar-refractivity contribution in [2.75, 3.05) is 11.4 Å². The Labute approximate surface area is 171 Å². The Hall–Kier alpha value is -2.37. The Morgan fingerprint density at radius 2 is 2.03 bits per heavy atom. The van der Waals surface area contributed by atoms with Crippen LogP contribution in [-0.2, 0) is 9.59 Å². The summed E-state index contributed by atoms with van der Waals surface area (Å²) in [5.74, 6) is 1.54. The molecule has 154 valence electrons. The average molecular weight is 396 g/mol. The topological polar surface area (TPSA) is 69.7 Å². The van der Waals surface area contributed by atoms with E-state index in [9.17, 15) is 14.4 Å². The molecular formula is C23H29N3O3. The predicted molar refractivity (Wildman–Crippen MR) is 109 cm³/mol. The molecule has 0 unspecified atom stereocenters. The van der Waals surface area contributed by atoms with Gasteiger partial charge in [-0.15, -0.1) is 0 Å². The largest absolute Gasteiger partial charge is 0.350 e. The Kier molecular flexibility index (Phi) is 4.23. The van der Waals surface area contributed by atoms with Crippen LogP contribution in [0.3, 0.4) is 0 Å². The van der Waals surface area contributed by atoms with Gasteiger partial charge in [0.2, 0.25) is 11.6 Å². The van der Waals surface area contributed by atoms with Crippen molar-refractivity contribution >= 4 is 23.4 Å². The number of hydrogen-bond donors (Lipinski definition) is 1. The summed E-state index contributed by atoms with van der Waals surface area (Å²) in [4.78, 5) is 43.1. The zero-order valence-electron chi connectivity index (χ0n) is 17.2. The van der Waals surface area contributed by atoms with Crippen LogP contribution in [0.15, 0.2) is 24.3 Å². The maximum atomic E-state index is 13.7. The summed E-state index contributed by atoms with van der Waals surface area (Å²) in [6, 6.07) is 7.20. The second-order valence-electron chi connectivity index (χ2n) is 9.21. The molecule has 1 saturated heterocycles. The van der Waals surface area contributed by atoms with E-state index in [0.717, 1.165) is 5.92 Å². The van der Waals surface area contributed by atoms with Crippen LogP contribution in [0, 0.1) is 17.8 Å². The average Bonchev–Trinajstić information content (AvgIpc) is 3.43. The molecule has 2 saturated carbocycles. The second kappa shape index (κ2) is 6.57. The predicted octanol–water partition coefficient (Wildman–Crippen LogP) is 2.93. The van der Waals surface area contributed by atoms with Crippen molar-refractivity contribution < 1.29 is 14.4 Å². The molecule has 2 bridgehead atoms. The van der Waals surface area contributed by atoms with E-state index < -0.39 is 5.66 Å². The summed E-state index contributed by atoms with van der Waals surface area (Å²) in [6.07, 6.45) is 5.67. The molecule has 0 spiro atoms. The Balaban J connectivity index is 1.50. The van der Waals surface area contributed by atoms with Crippen LogP contribution in [0.1, 0.15) is 62.7 Å². The van der Waals surface area contributed by atoms with Crippen LogP contribution in [0.5, 0.6) is 0 Å². The number of nitrogens with one attached hydrogen (secondary N) is 1. The fourth-order valence-corrected chi connectivity index (χ4v) is 6.54. The highest BCUT2D eigenvalue weighted by Crippen LogP contribution is 2.50. The van der Waals surface area contributed by atoms with E-state index in [1.54, 1.807) is 28.0 Å². The molecule has 2 aliphatic carbocycles. The fraction of sp³-hybridized carbons (Fsp3) is 0.609. The number of fused-ring (bicyclic) bond motifs is 5. The van der Waals surface area contributed by atoms with Crippen molar-refractivity contribution in [3.05, 3.63) is 29.8 Å². The normalized spacial score (nSPS) is 33.7.